The molecule has 2 N–H and O–H groups in total. The van der Waals surface area contributed by atoms with Crippen molar-refractivity contribution in [2.75, 3.05) is 6.54 Å². The van der Waals surface area contributed by atoms with Crippen LogP contribution >= 0.6 is 12.4 Å². The Hall–Kier alpha value is -1.99. The van der Waals surface area contributed by atoms with Crippen molar-refractivity contribution in [3.63, 3.8) is 0 Å². The zero-order valence-electron chi connectivity index (χ0n) is 14.6. The zero-order valence-corrected chi connectivity index (χ0v) is 15.4. The highest BCUT2D eigenvalue weighted by Crippen LogP contribution is 2.22. The molecule has 0 aliphatic carbocycles. The van der Waals surface area contributed by atoms with E-state index in [1.165, 1.54) is 4.80 Å². The zero-order chi connectivity index (χ0) is 17.1. The number of likely N-dealkylation sites (tertiary alicyclic amines) is 1. The Morgan fingerprint density at radius 3 is 2.64 bits per heavy atom. The first-order valence-electron chi connectivity index (χ1n) is 8.49. The number of carbonyl (C=O) groups is 1. The van der Waals surface area contributed by atoms with Crippen LogP contribution in [0.5, 0.6) is 0 Å². The monoisotopic (exact) mass is 364 g/mol. The van der Waals surface area contributed by atoms with Crippen molar-refractivity contribution >= 4 is 18.3 Å². The molecule has 3 rings (SSSR count). The van der Waals surface area contributed by atoms with E-state index in [2.05, 4.69) is 15.4 Å². The summed E-state index contributed by atoms with van der Waals surface area (Å²) in [7, 11) is 0. The molecule has 1 aliphatic heterocycles. The van der Waals surface area contributed by atoms with Crippen molar-refractivity contribution in [2.45, 2.75) is 51.2 Å². The molecule has 0 radical (unpaired) electrons. The fourth-order valence-electron chi connectivity index (χ4n) is 3.21. The summed E-state index contributed by atoms with van der Waals surface area (Å²) in [5, 5.41) is 12.5. The van der Waals surface area contributed by atoms with Crippen LogP contribution < -0.4 is 5.73 Å². The average Bonchev–Trinajstić information content (AvgIpc) is 3.11. The van der Waals surface area contributed by atoms with E-state index in [0.717, 1.165) is 31.4 Å². The third-order valence-electron chi connectivity index (χ3n) is 4.60. The second-order valence-corrected chi connectivity index (χ2v) is 6.43. The number of carbonyl (C=O) groups excluding carboxylic acids is 1. The van der Waals surface area contributed by atoms with E-state index in [-0.39, 0.29) is 30.4 Å². The third kappa shape index (κ3) is 4.16. The van der Waals surface area contributed by atoms with Crippen LogP contribution in [0.4, 0.5) is 0 Å². The van der Waals surface area contributed by atoms with Crippen molar-refractivity contribution in [2.24, 2.45) is 5.73 Å². The Balaban J connectivity index is 0.00000225. The van der Waals surface area contributed by atoms with Crippen LogP contribution in [-0.2, 0) is 4.79 Å². The highest BCUT2D eigenvalue weighted by Gasteiger charge is 2.33. The Bertz CT molecular complexity index is 689. The minimum absolute atomic E-state index is 0. The highest BCUT2D eigenvalue weighted by atomic mass is 35.5. The van der Waals surface area contributed by atoms with E-state index in [1.54, 1.807) is 0 Å². The van der Waals surface area contributed by atoms with Crippen molar-refractivity contribution in [3.05, 3.63) is 30.3 Å². The molecule has 3 atom stereocenters. The molecule has 1 aromatic carbocycles. The predicted octanol–water partition coefficient (Wildman–Crippen LogP) is 2.05. The number of nitrogens with zero attached hydrogens (tertiary/aromatic N) is 5. The van der Waals surface area contributed by atoms with Crippen LogP contribution in [0.2, 0.25) is 0 Å². The molecule has 25 heavy (non-hydrogen) atoms. The minimum atomic E-state index is -0.491. The molecule has 7 nitrogen and oxygen atoms in total. The lowest BCUT2D eigenvalue weighted by Gasteiger charge is -2.39. The predicted molar refractivity (Wildman–Crippen MR) is 98.2 cm³/mol. The topological polar surface area (TPSA) is 89.9 Å². The summed E-state index contributed by atoms with van der Waals surface area (Å²) in [4.78, 5) is 16.2. The molecule has 2 heterocycles. The fraction of sp³-hybridized carbons (Fsp3) is 0.529. The first-order valence-corrected chi connectivity index (χ1v) is 8.49. The molecule has 1 amide bonds. The molecular weight excluding hydrogens is 340 g/mol. The van der Waals surface area contributed by atoms with Gasteiger partial charge in [-0.25, -0.2) is 0 Å². The van der Waals surface area contributed by atoms with Crippen molar-refractivity contribution in [1.29, 1.82) is 0 Å². The second-order valence-electron chi connectivity index (χ2n) is 6.43. The number of tetrazole rings is 1. The van der Waals surface area contributed by atoms with Crippen LogP contribution in [0.15, 0.2) is 30.3 Å². The first kappa shape index (κ1) is 19.3. The summed E-state index contributed by atoms with van der Waals surface area (Å²) in [5.74, 6) is 0.534. The van der Waals surface area contributed by atoms with E-state index < -0.39 is 6.04 Å². The van der Waals surface area contributed by atoms with Crippen LogP contribution in [0.3, 0.4) is 0 Å². The maximum atomic E-state index is 12.9. The summed E-state index contributed by atoms with van der Waals surface area (Å²) in [5.41, 5.74) is 6.95. The van der Waals surface area contributed by atoms with Crippen LogP contribution in [0.25, 0.3) is 11.4 Å². The molecule has 1 aliphatic rings. The van der Waals surface area contributed by atoms with Gasteiger partial charge in [-0.3, -0.25) is 4.79 Å². The third-order valence-corrected chi connectivity index (χ3v) is 4.60. The van der Waals surface area contributed by atoms with E-state index in [4.69, 9.17) is 5.73 Å². The average molecular weight is 365 g/mol. The van der Waals surface area contributed by atoms with Crippen LogP contribution in [0.1, 0.15) is 39.2 Å². The second kappa shape index (κ2) is 8.40. The van der Waals surface area contributed by atoms with E-state index >= 15 is 0 Å². The molecule has 3 unspecified atom stereocenters. The highest BCUT2D eigenvalue weighted by molar-refractivity contribution is 5.85. The molecule has 0 bridgehead atoms. The molecule has 2 aromatic rings. The van der Waals surface area contributed by atoms with Gasteiger partial charge in [-0.2, -0.15) is 4.80 Å². The van der Waals surface area contributed by atoms with Crippen LogP contribution in [0, 0.1) is 0 Å². The molecule has 0 saturated carbocycles. The smallest absolute Gasteiger partial charge is 0.249 e. The largest absolute Gasteiger partial charge is 0.336 e. The first-order chi connectivity index (χ1) is 11.6. The maximum Gasteiger partial charge on any atom is 0.249 e. The normalized spacial score (nSPS) is 19.8. The number of hydrogen-bond acceptors (Lipinski definition) is 5. The number of piperidine rings is 1. The number of nitrogens with two attached hydrogens (primary N) is 1. The van der Waals surface area contributed by atoms with Gasteiger partial charge in [0.05, 0.1) is 0 Å². The Morgan fingerprint density at radius 2 is 1.96 bits per heavy atom. The van der Waals surface area contributed by atoms with Gasteiger partial charge in [0, 0.05) is 24.2 Å². The summed E-state index contributed by atoms with van der Waals surface area (Å²) >= 11 is 0. The summed E-state index contributed by atoms with van der Waals surface area (Å²) in [6, 6.07) is 9.18. The molecule has 8 heteroatoms. The van der Waals surface area contributed by atoms with Gasteiger partial charge in [0.25, 0.3) is 0 Å². The standard InChI is InChI=1S/C17H24N6O.ClH/c1-12(18)15-10-6-7-11-22(15)17(24)13(2)23-20-16(19-21-23)14-8-4-3-5-9-14;/h3-5,8-9,12-13,15H,6-7,10-11,18H2,1-2H3;1H. The fourth-order valence-corrected chi connectivity index (χ4v) is 3.21. The molecule has 0 spiro atoms. The van der Waals surface area contributed by atoms with Crippen LogP contribution in [-0.4, -0.2) is 49.6 Å². The molecule has 1 fully saturated rings. The summed E-state index contributed by atoms with van der Waals surface area (Å²) in [6.45, 7) is 4.52. The van der Waals surface area contributed by atoms with Gasteiger partial charge < -0.3 is 10.6 Å². The number of rotatable bonds is 4. The van der Waals surface area contributed by atoms with Gasteiger partial charge in [0.2, 0.25) is 11.7 Å². The Kier molecular flexibility index (Phi) is 6.50. The Morgan fingerprint density at radius 1 is 1.24 bits per heavy atom. The van der Waals surface area contributed by atoms with Gasteiger partial charge in [-0.15, -0.1) is 22.6 Å². The van der Waals surface area contributed by atoms with Gasteiger partial charge >= 0.3 is 0 Å². The minimum Gasteiger partial charge on any atom is -0.336 e. The van der Waals surface area contributed by atoms with Crippen molar-refractivity contribution in [3.8, 4) is 11.4 Å². The summed E-state index contributed by atoms with van der Waals surface area (Å²) in [6.07, 6.45) is 3.09. The number of aromatic nitrogens is 4. The lowest BCUT2D eigenvalue weighted by Crippen LogP contribution is -2.53. The molecule has 1 aromatic heterocycles. The number of benzene rings is 1. The van der Waals surface area contributed by atoms with Gasteiger partial charge in [-0.1, -0.05) is 30.3 Å². The van der Waals surface area contributed by atoms with Gasteiger partial charge in [0.15, 0.2) is 0 Å². The van der Waals surface area contributed by atoms with E-state index in [1.807, 2.05) is 49.1 Å². The molecule has 1 saturated heterocycles. The quantitative estimate of drug-likeness (QED) is 0.896. The van der Waals surface area contributed by atoms with E-state index in [0.29, 0.717) is 5.82 Å². The molecule has 136 valence electrons. The number of halogens is 1. The maximum absolute atomic E-state index is 12.9. The van der Waals surface area contributed by atoms with Gasteiger partial charge in [0.1, 0.15) is 6.04 Å². The Labute approximate surface area is 154 Å². The van der Waals surface area contributed by atoms with Crippen molar-refractivity contribution < 1.29 is 4.79 Å². The van der Waals surface area contributed by atoms with Gasteiger partial charge in [-0.05, 0) is 38.3 Å². The van der Waals surface area contributed by atoms with Crippen molar-refractivity contribution in [1.82, 2.24) is 25.1 Å². The summed E-state index contributed by atoms with van der Waals surface area (Å²) < 4.78 is 0. The molecular formula is C17H25ClN6O. The lowest BCUT2D eigenvalue weighted by atomic mass is 9.96. The number of hydrogen-bond donors (Lipinski definition) is 1. The number of amides is 1. The van der Waals surface area contributed by atoms with E-state index in [9.17, 15) is 4.79 Å². The lowest BCUT2D eigenvalue weighted by molar-refractivity contribution is -0.139. The SMILES string of the molecule is CC(N)C1CCCCN1C(=O)C(C)n1nnc(-c2ccccc2)n1.Cl.